The SMILES string of the molecule is CCCC.CCCCC(=O)ON1C(=O)CCC1=O.COc1cc(NNc2ccc(C)cc2)[c-]cc1NNc1ccc([N+](=O)[O-])cc1.[CH3-].[U+2]. The summed E-state index contributed by atoms with van der Waals surface area (Å²) in [6.07, 6.45) is 4.74. The first-order valence-electron chi connectivity index (χ1n) is 15.1. The third-order valence-corrected chi connectivity index (χ3v) is 6.38. The van der Waals surface area contributed by atoms with E-state index in [2.05, 4.69) is 46.5 Å². The number of hydrogen-bond acceptors (Lipinski definition) is 11. The number of nitrogens with one attached hydrogen (secondary N) is 4. The molecule has 1 heterocycles. The van der Waals surface area contributed by atoms with Gasteiger partial charge in [-0.05, 0) is 43.3 Å². The normalized spacial score (nSPS) is 11.2. The Balaban J connectivity index is 0.000000931. The number of amides is 2. The molecule has 3 aromatic carbocycles. The van der Waals surface area contributed by atoms with Crippen LogP contribution in [0.25, 0.3) is 0 Å². The largest absolute Gasteiger partial charge is 2.00 e. The van der Waals surface area contributed by atoms with Crippen LogP contribution in [0.1, 0.15) is 71.3 Å². The molecule has 13 nitrogen and oxygen atoms in total. The van der Waals surface area contributed by atoms with Crippen molar-refractivity contribution in [3.8, 4) is 5.75 Å². The second kappa shape index (κ2) is 24.0. The molecule has 3 aromatic rings. The molecule has 0 bridgehead atoms. The van der Waals surface area contributed by atoms with Gasteiger partial charge >= 0.3 is 37.1 Å². The number of methoxy groups -OCH3 is 1. The van der Waals surface area contributed by atoms with Gasteiger partial charge in [-0.15, -0.1) is 17.2 Å². The number of unbranched alkanes of at least 4 members (excludes halogenated alkanes) is 2. The third kappa shape index (κ3) is 15.5. The number of rotatable bonds is 13. The zero-order chi connectivity index (χ0) is 33.9. The second-order valence-electron chi connectivity index (χ2n) is 10.1. The monoisotopic (exact) mass is 888 g/mol. The predicted octanol–water partition coefficient (Wildman–Crippen LogP) is 7.63. The van der Waals surface area contributed by atoms with Crippen molar-refractivity contribution in [1.82, 2.24) is 5.06 Å². The van der Waals surface area contributed by atoms with Crippen LogP contribution in [0.2, 0.25) is 0 Å². The van der Waals surface area contributed by atoms with Crippen molar-refractivity contribution in [2.75, 3.05) is 28.8 Å². The maximum Gasteiger partial charge on any atom is 2.00 e. The van der Waals surface area contributed by atoms with Crippen LogP contribution in [0.3, 0.4) is 0 Å². The van der Waals surface area contributed by atoms with E-state index in [0.717, 1.165) is 12.1 Å². The molecule has 1 fully saturated rings. The summed E-state index contributed by atoms with van der Waals surface area (Å²) in [6, 6.07) is 20.7. The van der Waals surface area contributed by atoms with E-state index < -0.39 is 22.7 Å². The van der Waals surface area contributed by atoms with Crippen LogP contribution < -0.4 is 26.4 Å². The molecule has 1 saturated heterocycles. The number of nitro benzene ring substituents is 1. The van der Waals surface area contributed by atoms with Crippen LogP contribution in [-0.2, 0) is 19.2 Å². The number of carbonyl (C=O) groups excluding carboxylic acids is 3. The standard InChI is InChI=1S/C20H20N5O3.C9H13NO4.C4H10.CH3.U/c1-14-3-5-15(6-4-14)21-23-17-9-12-19(20(13-17)28-2)24-22-16-7-10-18(11-8-16)25(26)27;1-2-3-4-9(13)14-10-7(11)5-6-8(10)12;1-3-4-2;;/h3-8,10-13,21-24H,1-2H3;2-6H2,1H3;3-4H2,1-2H3;1H3;/q-1;;;-1;+2. The van der Waals surface area contributed by atoms with E-state index in [0.29, 0.717) is 34.3 Å². The van der Waals surface area contributed by atoms with Gasteiger partial charge in [0.1, 0.15) is 0 Å². The molecule has 0 radical (unpaired) electrons. The van der Waals surface area contributed by atoms with Crippen molar-refractivity contribution in [2.24, 2.45) is 0 Å². The molecule has 0 unspecified atom stereocenters. The number of aryl methyl sites for hydroxylation is 1. The molecule has 0 spiro atoms. The summed E-state index contributed by atoms with van der Waals surface area (Å²) in [7, 11) is 1.57. The summed E-state index contributed by atoms with van der Waals surface area (Å²) in [4.78, 5) is 48.0. The number of hydrogen-bond donors (Lipinski definition) is 4. The Bertz CT molecular complexity index is 1400. The number of imide groups is 1. The van der Waals surface area contributed by atoms with Crippen molar-refractivity contribution < 1.29 is 60.0 Å². The maximum atomic E-state index is 11.1. The Morgan fingerprint density at radius 2 is 1.44 bits per heavy atom. The fourth-order valence-electron chi connectivity index (χ4n) is 3.52. The van der Waals surface area contributed by atoms with Gasteiger partial charge in [-0.3, -0.25) is 19.7 Å². The number of nitro groups is 1. The predicted molar refractivity (Wildman–Crippen MR) is 184 cm³/mol. The zero-order valence-corrected chi connectivity index (χ0v) is 32.6. The molecule has 0 saturated carbocycles. The van der Waals surface area contributed by atoms with E-state index in [1.807, 2.05) is 38.1 Å². The van der Waals surface area contributed by atoms with E-state index in [4.69, 9.17) is 4.74 Å². The average Bonchev–Trinajstić information content (AvgIpc) is 3.38. The number of nitrogens with zero attached hydrogens (tertiary/aromatic N) is 2. The first-order valence-corrected chi connectivity index (χ1v) is 15.1. The van der Waals surface area contributed by atoms with Gasteiger partial charge in [-0.2, -0.15) is 6.07 Å². The van der Waals surface area contributed by atoms with Crippen LogP contribution >= 0.6 is 0 Å². The van der Waals surface area contributed by atoms with Crippen LogP contribution in [0.4, 0.5) is 28.4 Å². The smallest absolute Gasteiger partial charge is 0.520 e. The van der Waals surface area contributed by atoms with E-state index in [9.17, 15) is 24.5 Å². The number of benzene rings is 3. The molecule has 0 aliphatic carbocycles. The molecule has 4 rings (SSSR count). The van der Waals surface area contributed by atoms with Gasteiger partial charge in [0, 0.05) is 37.1 Å². The molecular weight excluding hydrogens is 842 g/mol. The number of non-ortho nitro benzene ring substituents is 1. The molecule has 2 amide bonds. The topological polar surface area (TPSA) is 164 Å². The minimum Gasteiger partial charge on any atom is -0.520 e. The number of carbonyl (C=O) groups is 3. The molecule has 1 aliphatic heterocycles. The van der Waals surface area contributed by atoms with Crippen molar-refractivity contribution in [2.45, 2.75) is 72.6 Å². The summed E-state index contributed by atoms with van der Waals surface area (Å²) in [5.41, 5.74) is 16.4. The summed E-state index contributed by atoms with van der Waals surface area (Å²) >= 11 is 0. The van der Waals surface area contributed by atoms with Gasteiger partial charge in [0.05, 0.1) is 23.4 Å². The fraction of sp³-hybridized carbons (Fsp3) is 0.353. The Hall–Kier alpha value is -4.28. The Morgan fingerprint density at radius 1 is 0.896 bits per heavy atom. The summed E-state index contributed by atoms with van der Waals surface area (Å²) in [5.74, 6) is -0.781. The van der Waals surface area contributed by atoms with Crippen molar-refractivity contribution in [1.29, 1.82) is 0 Å². The second-order valence-corrected chi connectivity index (χ2v) is 10.1. The summed E-state index contributed by atoms with van der Waals surface area (Å²) in [5, 5.41) is 11.3. The van der Waals surface area contributed by atoms with Gasteiger partial charge in [-0.1, -0.05) is 63.4 Å². The van der Waals surface area contributed by atoms with Crippen LogP contribution in [0.15, 0.2) is 60.7 Å². The van der Waals surface area contributed by atoms with Gasteiger partial charge in [-0.25, -0.2) is 4.79 Å². The number of hydroxylamine groups is 2. The molecule has 4 N–H and O–H groups in total. The molecule has 48 heavy (non-hydrogen) atoms. The first kappa shape index (κ1) is 43.7. The van der Waals surface area contributed by atoms with Crippen LogP contribution in [0.5, 0.6) is 5.75 Å². The number of ether oxygens (including phenoxy) is 1. The summed E-state index contributed by atoms with van der Waals surface area (Å²) < 4.78 is 5.41. The van der Waals surface area contributed by atoms with Crippen molar-refractivity contribution in [3.63, 3.8) is 0 Å². The van der Waals surface area contributed by atoms with E-state index in [-0.39, 0.29) is 63.5 Å². The molecule has 14 heteroatoms. The van der Waals surface area contributed by atoms with Gasteiger partial charge in [0.15, 0.2) is 0 Å². The average molecular weight is 889 g/mol. The Labute approximate surface area is 306 Å². The minimum absolute atomic E-state index is 0. The quantitative estimate of drug-likeness (QED) is 0.0578. The Morgan fingerprint density at radius 3 is 1.94 bits per heavy atom. The van der Waals surface area contributed by atoms with Gasteiger partial charge in [0.2, 0.25) is 0 Å². The van der Waals surface area contributed by atoms with Crippen LogP contribution in [0, 0.1) is 61.6 Å². The first-order chi connectivity index (χ1) is 22.1. The zero-order valence-electron chi connectivity index (χ0n) is 28.5. The Kier molecular flexibility index (Phi) is 21.8. The van der Waals surface area contributed by atoms with Crippen LogP contribution in [-0.4, -0.2) is 34.9 Å². The number of anilines is 4. The van der Waals surface area contributed by atoms with Crippen molar-refractivity contribution in [3.05, 3.63) is 89.8 Å². The molecular formula is C34H46N6O7U. The van der Waals surface area contributed by atoms with E-state index in [1.165, 1.54) is 30.5 Å². The summed E-state index contributed by atoms with van der Waals surface area (Å²) in [6.45, 7) is 8.34. The maximum absolute atomic E-state index is 11.1. The van der Waals surface area contributed by atoms with Gasteiger partial charge < -0.3 is 38.7 Å². The molecule has 0 atom stereocenters. The third-order valence-electron chi connectivity index (χ3n) is 6.38. The molecule has 1 aliphatic rings. The van der Waals surface area contributed by atoms with E-state index in [1.54, 1.807) is 31.4 Å². The number of hydrazine groups is 2. The van der Waals surface area contributed by atoms with E-state index >= 15 is 0 Å². The molecule has 0 aromatic heterocycles. The fourth-order valence-corrected chi connectivity index (χ4v) is 3.52. The van der Waals surface area contributed by atoms with Crippen molar-refractivity contribution >= 4 is 46.2 Å². The minimum atomic E-state index is -0.518. The van der Waals surface area contributed by atoms with Gasteiger partial charge in [0.25, 0.3) is 17.5 Å². The molecule has 258 valence electrons.